The van der Waals surface area contributed by atoms with Crippen molar-refractivity contribution >= 4 is 11.3 Å². The lowest BCUT2D eigenvalue weighted by molar-refractivity contribution is 0.178. The maximum absolute atomic E-state index is 9.92. The third-order valence-electron chi connectivity index (χ3n) is 2.15. The van der Waals surface area contributed by atoms with E-state index in [-0.39, 0.29) is 0 Å². The van der Waals surface area contributed by atoms with Crippen molar-refractivity contribution in [3.63, 3.8) is 0 Å². The molecule has 1 N–H and O–H groups in total. The van der Waals surface area contributed by atoms with Crippen LogP contribution < -0.4 is 0 Å². The molecule has 15 heavy (non-hydrogen) atoms. The van der Waals surface area contributed by atoms with Crippen molar-refractivity contribution in [3.8, 4) is 0 Å². The van der Waals surface area contributed by atoms with Crippen molar-refractivity contribution in [1.82, 2.24) is 19.7 Å². The van der Waals surface area contributed by atoms with Crippen LogP contribution in [0.15, 0.2) is 12.5 Å². The summed E-state index contributed by atoms with van der Waals surface area (Å²) < 4.78 is 1.66. The fraction of sp³-hybridized carbons (Fsp3) is 0.444. The fourth-order valence-electron chi connectivity index (χ4n) is 1.31. The van der Waals surface area contributed by atoms with E-state index in [0.29, 0.717) is 6.42 Å². The van der Waals surface area contributed by atoms with Gasteiger partial charge < -0.3 is 5.11 Å². The van der Waals surface area contributed by atoms with Gasteiger partial charge in [0.15, 0.2) is 0 Å². The molecule has 0 aliphatic rings. The van der Waals surface area contributed by atoms with Gasteiger partial charge in [-0.3, -0.25) is 4.68 Å². The zero-order valence-electron chi connectivity index (χ0n) is 8.58. The molecule has 2 aromatic rings. The molecule has 0 aliphatic heterocycles. The van der Waals surface area contributed by atoms with Crippen molar-refractivity contribution in [2.75, 3.05) is 0 Å². The summed E-state index contributed by atoms with van der Waals surface area (Å²) in [5, 5.41) is 14.8. The van der Waals surface area contributed by atoms with Gasteiger partial charge in [-0.25, -0.2) is 9.97 Å². The first-order valence-corrected chi connectivity index (χ1v) is 5.41. The summed E-state index contributed by atoms with van der Waals surface area (Å²) in [7, 11) is 1.81. The van der Waals surface area contributed by atoms with Crippen LogP contribution in [-0.4, -0.2) is 24.9 Å². The number of hydrogen-bond donors (Lipinski definition) is 1. The lowest BCUT2D eigenvalue weighted by atomic mass is 10.2. The maximum Gasteiger partial charge on any atom is 0.138 e. The lowest BCUT2D eigenvalue weighted by Crippen LogP contribution is -2.06. The molecule has 2 rings (SSSR count). The van der Waals surface area contributed by atoms with Gasteiger partial charge in [0.25, 0.3) is 0 Å². The average molecular weight is 224 g/mol. The zero-order valence-corrected chi connectivity index (χ0v) is 9.40. The molecular formula is C9H12N4OS. The highest BCUT2D eigenvalue weighted by Crippen LogP contribution is 2.22. The van der Waals surface area contributed by atoms with E-state index in [1.165, 1.54) is 17.7 Å². The molecule has 0 saturated heterocycles. The molecule has 1 atom stereocenters. The predicted octanol–water partition coefficient (Wildman–Crippen LogP) is 0.856. The Bertz CT molecular complexity index is 450. The molecule has 2 heterocycles. The summed E-state index contributed by atoms with van der Waals surface area (Å²) in [5.74, 6) is 0.772. The van der Waals surface area contributed by atoms with Crippen LogP contribution in [0.3, 0.4) is 0 Å². The van der Waals surface area contributed by atoms with Crippen LogP contribution in [0.1, 0.15) is 21.8 Å². The van der Waals surface area contributed by atoms with E-state index in [1.54, 1.807) is 10.9 Å². The Labute approximate surface area is 91.4 Å². The van der Waals surface area contributed by atoms with Crippen LogP contribution in [0.4, 0.5) is 0 Å². The van der Waals surface area contributed by atoms with Gasteiger partial charge in [0.2, 0.25) is 0 Å². The van der Waals surface area contributed by atoms with Gasteiger partial charge in [0.05, 0.1) is 16.0 Å². The number of aryl methyl sites for hydroxylation is 2. The highest BCUT2D eigenvalue weighted by Gasteiger charge is 2.14. The van der Waals surface area contributed by atoms with E-state index in [2.05, 4.69) is 15.1 Å². The number of rotatable bonds is 3. The summed E-state index contributed by atoms with van der Waals surface area (Å²) in [6.07, 6.45) is 3.12. The third kappa shape index (κ3) is 2.21. The van der Waals surface area contributed by atoms with Gasteiger partial charge in [0.1, 0.15) is 12.2 Å². The van der Waals surface area contributed by atoms with Gasteiger partial charge in [-0.1, -0.05) is 0 Å². The van der Waals surface area contributed by atoms with E-state index in [1.807, 2.05) is 14.0 Å². The Hall–Kier alpha value is -1.27. The topological polar surface area (TPSA) is 63.8 Å². The zero-order chi connectivity index (χ0) is 10.8. The Balaban J connectivity index is 2.10. The summed E-state index contributed by atoms with van der Waals surface area (Å²) in [4.78, 5) is 9.04. The predicted molar refractivity (Wildman–Crippen MR) is 56.5 cm³/mol. The largest absolute Gasteiger partial charge is 0.387 e. The van der Waals surface area contributed by atoms with Gasteiger partial charge >= 0.3 is 0 Å². The molecule has 0 fully saturated rings. The van der Waals surface area contributed by atoms with Crippen LogP contribution >= 0.6 is 11.3 Å². The monoisotopic (exact) mass is 224 g/mol. The SMILES string of the molecule is Cc1ncc(C(O)Cc2ncnn2C)s1. The third-order valence-corrected chi connectivity index (χ3v) is 3.16. The highest BCUT2D eigenvalue weighted by molar-refractivity contribution is 7.11. The number of aromatic nitrogens is 4. The summed E-state index contributed by atoms with van der Waals surface area (Å²) in [6.45, 7) is 1.92. The van der Waals surface area contributed by atoms with Gasteiger partial charge in [0, 0.05) is 19.7 Å². The van der Waals surface area contributed by atoms with Crippen molar-refractivity contribution in [1.29, 1.82) is 0 Å². The van der Waals surface area contributed by atoms with E-state index < -0.39 is 6.10 Å². The average Bonchev–Trinajstić information content (AvgIpc) is 2.77. The Kier molecular flexibility index (Phi) is 2.79. The fourth-order valence-corrected chi connectivity index (χ4v) is 2.08. The molecule has 0 amide bonds. The van der Waals surface area contributed by atoms with Crippen LogP contribution in [0.25, 0.3) is 0 Å². The van der Waals surface area contributed by atoms with E-state index in [0.717, 1.165) is 15.7 Å². The summed E-state index contributed by atoms with van der Waals surface area (Å²) >= 11 is 1.50. The molecule has 5 nitrogen and oxygen atoms in total. The van der Waals surface area contributed by atoms with Crippen molar-refractivity contribution in [2.24, 2.45) is 7.05 Å². The molecule has 0 bridgehead atoms. The molecule has 1 unspecified atom stereocenters. The number of thiazole rings is 1. The molecule has 80 valence electrons. The Morgan fingerprint density at radius 3 is 2.87 bits per heavy atom. The molecule has 2 aromatic heterocycles. The highest BCUT2D eigenvalue weighted by atomic mass is 32.1. The minimum Gasteiger partial charge on any atom is -0.387 e. The molecule has 0 spiro atoms. The smallest absolute Gasteiger partial charge is 0.138 e. The van der Waals surface area contributed by atoms with E-state index in [9.17, 15) is 5.11 Å². The molecule has 0 radical (unpaired) electrons. The van der Waals surface area contributed by atoms with E-state index in [4.69, 9.17) is 0 Å². The second-order valence-electron chi connectivity index (χ2n) is 3.30. The normalized spacial score (nSPS) is 13.0. The second-order valence-corrected chi connectivity index (χ2v) is 4.57. The quantitative estimate of drug-likeness (QED) is 0.839. The van der Waals surface area contributed by atoms with Crippen molar-refractivity contribution < 1.29 is 5.11 Å². The number of nitrogens with zero attached hydrogens (tertiary/aromatic N) is 4. The van der Waals surface area contributed by atoms with Crippen molar-refractivity contribution in [2.45, 2.75) is 19.4 Å². The minimum atomic E-state index is -0.543. The summed E-state index contributed by atoms with van der Waals surface area (Å²) in [6, 6.07) is 0. The van der Waals surface area contributed by atoms with Gasteiger partial charge in [-0.15, -0.1) is 11.3 Å². The van der Waals surface area contributed by atoms with Gasteiger partial charge in [-0.05, 0) is 6.92 Å². The van der Waals surface area contributed by atoms with Crippen LogP contribution in [-0.2, 0) is 13.5 Å². The maximum atomic E-state index is 9.92. The number of aliphatic hydroxyl groups is 1. The summed E-state index contributed by atoms with van der Waals surface area (Å²) in [5.41, 5.74) is 0. The molecule has 6 heteroatoms. The number of hydrogen-bond acceptors (Lipinski definition) is 5. The van der Waals surface area contributed by atoms with E-state index >= 15 is 0 Å². The molecule has 0 aliphatic carbocycles. The van der Waals surface area contributed by atoms with Gasteiger partial charge in [-0.2, -0.15) is 5.10 Å². The Morgan fingerprint density at radius 1 is 1.53 bits per heavy atom. The number of aliphatic hydroxyl groups excluding tert-OH is 1. The van der Waals surface area contributed by atoms with Crippen molar-refractivity contribution in [3.05, 3.63) is 28.2 Å². The molecular weight excluding hydrogens is 212 g/mol. The molecule has 0 saturated carbocycles. The van der Waals surface area contributed by atoms with Crippen LogP contribution in [0.5, 0.6) is 0 Å². The molecule has 0 aromatic carbocycles. The first-order chi connectivity index (χ1) is 7.16. The standard InChI is InChI=1S/C9H12N4OS/c1-6-10-4-8(15-6)7(14)3-9-11-5-12-13(9)2/h4-5,7,14H,3H2,1-2H3. The first-order valence-electron chi connectivity index (χ1n) is 4.60. The Morgan fingerprint density at radius 2 is 2.33 bits per heavy atom. The minimum absolute atomic E-state index is 0.470. The first kappa shape index (κ1) is 10.3. The van der Waals surface area contributed by atoms with Crippen LogP contribution in [0, 0.1) is 6.92 Å². The second kappa shape index (κ2) is 4.08. The lowest BCUT2D eigenvalue weighted by Gasteiger charge is -2.06. The van der Waals surface area contributed by atoms with Crippen LogP contribution in [0.2, 0.25) is 0 Å².